The van der Waals surface area contributed by atoms with Gasteiger partial charge in [0, 0.05) is 36.2 Å². The molecule has 0 radical (unpaired) electrons. The Balaban J connectivity index is 2.20. The van der Waals surface area contributed by atoms with Gasteiger partial charge in [0.2, 0.25) is 0 Å². The maximum absolute atomic E-state index is 9.38. The molecule has 0 bridgehead atoms. The van der Waals surface area contributed by atoms with Crippen molar-refractivity contribution in [3.05, 3.63) is 23.5 Å². The Kier molecular flexibility index (Phi) is 3.38. The van der Waals surface area contributed by atoms with Crippen molar-refractivity contribution >= 4 is 5.69 Å². The van der Waals surface area contributed by atoms with Crippen LogP contribution in [-0.4, -0.2) is 23.2 Å². The van der Waals surface area contributed by atoms with Gasteiger partial charge in [-0.1, -0.05) is 13.8 Å². The highest BCUT2D eigenvalue weighted by atomic mass is 16.3. The Morgan fingerprint density at radius 3 is 2.59 bits per heavy atom. The second-order valence-corrected chi connectivity index (χ2v) is 5.76. The van der Waals surface area contributed by atoms with Gasteiger partial charge in [0.15, 0.2) is 0 Å². The van der Waals surface area contributed by atoms with Crippen LogP contribution in [0.15, 0.2) is 12.3 Å². The van der Waals surface area contributed by atoms with Gasteiger partial charge in [0.25, 0.3) is 0 Å². The van der Waals surface area contributed by atoms with Gasteiger partial charge < -0.3 is 10.0 Å². The van der Waals surface area contributed by atoms with Crippen LogP contribution in [0.25, 0.3) is 0 Å². The van der Waals surface area contributed by atoms with Crippen molar-refractivity contribution in [3.8, 4) is 0 Å². The van der Waals surface area contributed by atoms with E-state index in [9.17, 15) is 5.11 Å². The molecule has 0 amide bonds. The van der Waals surface area contributed by atoms with Gasteiger partial charge >= 0.3 is 0 Å². The average molecular weight is 234 g/mol. The zero-order valence-electron chi connectivity index (χ0n) is 11.0. The summed E-state index contributed by atoms with van der Waals surface area (Å²) >= 11 is 0. The van der Waals surface area contributed by atoms with Gasteiger partial charge in [0.1, 0.15) is 0 Å². The molecule has 0 atom stereocenters. The second kappa shape index (κ2) is 4.65. The van der Waals surface area contributed by atoms with Crippen molar-refractivity contribution in [1.29, 1.82) is 0 Å². The number of pyridine rings is 1. The molecule has 3 heteroatoms. The Hall–Kier alpha value is -1.09. The Morgan fingerprint density at radius 1 is 1.35 bits per heavy atom. The van der Waals surface area contributed by atoms with Crippen molar-refractivity contribution < 1.29 is 5.11 Å². The highest BCUT2D eigenvalue weighted by Crippen LogP contribution is 2.33. The minimum atomic E-state index is 0.0719. The number of rotatable bonds is 2. The van der Waals surface area contributed by atoms with Gasteiger partial charge in [-0.3, -0.25) is 4.98 Å². The monoisotopic (exact) mass is 234 g/mol. The van der Waals surface area contributed by atoms with Crippen LogP contribution in [0.4, 0.5) is 5.69 Å². The van der Waals surface area contributed by atoms with Crippen LogP contribution in [0.5, 0.6) is 0 Å². The average Bonchev–Trinajstić information content (AvgIpc) is 2.29. The Bertz CT molecular complexity index is 391. The maximum atomic E-state index is 9.38. The first kappa shape index (κ1) is 12.4. The van der Waals surface area contributed by atoms with E-state index in [4.69, 9.17) is 0 Å². The molecule has 0 saturated carbocycles. The Labute approximate surface area is 103 Å². The largest absolute Gasteiger partial charge is 0.392 e. The molecular weight excluding hydrogens is 212 g/mol. The standard InChI is InChI=1S/C14H22N2O/c1-11-8-13(12(10-17)9-15-11)16-6-4-14(2,3)5-7-16/h8-9,17H,4-7,10H2,1-3H3. The predicted molar refractivity (Wildman–Crippen MR) is 70.1 cm³/mol. The first-order chi connectivity index (χ1) is 8.02. The van der Waals surface area contributed by atoms with E-state index in [-0.39, 0.29) is 6.61 Å². The molecule has 2 heterocycles. The first-order valence-electron chi connectivity index (χ1n) is 6.33. The third-order valence-corrected chi connectivity index (χ3v) is 3.73. The van der Waals surface area contributed by atoms with Crippen LogP contribution in [0, 0.1) is 12.3 Å². The molecule has 1 aromatic heterocycles. The molecule has 17 heavy (non-hydrogen) atoms. The number of piperidine rings is 1. The molecule has 2 rings (SSSR count). The lowest BCUT2D eigenvalue weighted by Gasteiger charge is -2.39. The number of nitrogens with zero attached hydrogens (tertiary/aromatic N) is 2. The molecule has 1 aromatic rings. The van der Waals surface area contributed by atoms with E-state index in [2.05, 4.69) is 29.8 Å². The van der Waals surface area contributed by atoms with Crippen molar-refractivity contribution in [2.45, 2.75) is 40.2 Å². The highest BCUT2D eigenvalue weighted by Gasteiger charge is 2.26. The summed E-state index contributed by atoms with van der Waals surface area (Å²) < 4.78 is 0. The maximum Gasteiger partial charge on any atom is 0.0717 e. The summed E-state index contributed by atoms with van der Waals surface area (Å²) in [5, 5.41) is 9.38. The minimum absolute atomic E-state index is 0.0719. The van der Waals surface area contributed by atoms with E-state index in [1.165, 1.54) is 12.8 Å². The second-order valence-electron chi connectivity index (χ2n) is 5.76. The van der Waals surface area contributed by atoms with Gasteiger partial charge in [-0.25, -0.2) is 0 Å². The normalized spacial score (nSPS) is 19.4. The smallest absolute Gasteiger partial charge is 0.0717 e. The zero-order chi connectivity index (χ0) is 12.5. The number of aliphatic hydroxyl groups excluding tert-OH is 1. The van der Waals surface area contributed by atoms with Gasteiger partial charge in [-0.2, -0.15) is 0 Å². The van der Waals surface area contributed by atoms with Crippen molar-refractivity contribution in [3.63, 3.8) is 0 Å². The summed E-state index contributed by atoms with van der Waals surface area (Å²) in [6, 6.07) is 2.09. The van der Waals surface area contributed by atoms with Crippen molar-refractivity contribution in [2.24, 2.45) is 5.41 Å². The molecule has 1 fully saturated rings. The van der Waals surface area contributed by atoms with E-state index < -0.39 is 0 Å². The molecule has 0 unspecified atom stereocenters. The zero-order valence-corrected chi connectivity index (χ0v) is 11.0. The SMILES string of the molecule is Cc1cc(N2CCC(C)(C)CC2)c(CO)cn1. The van der Waals surface area contributed by atoms with Crippen molar-refractivity contribution in [2.75, 3.05) is 18.0 Å². The molecule has 0 spiro atoms. The number of aliphatic hydroxyl groups is 1. The lowest BCUT2D eigenvalue weighted by atomic mass is 9.82. The number of anilines is 1. The van der Waals surface area contributed by atoms with E-state index in [1.807, 2.05) is 6.92 Å². The summed E-state index contributed by atoms with van der Waals surface area (Å²) in [6.07, 6.45) is 4.21. The molecule has 94 valence electrons. The summed E-state index contributed by atoms with van der Waals surface area (Å²) in [6.45, 7) is 8.87. The fraction of sp³-hybridized carbons (Fsp3) is 0.643. The minimum Gasteiger partial charge on any atom is -0.392 e. The summed E-state index contributed by atoms with van der Waals surface area (Å²) in [4.78, 5) is 6.63. The van der Waals surface area contributed by atoms with Crippen LogP contribution < -0.4 is 4.90 Å². The van der Waals surface area contributed by atoms with Gasteiger partial charge in [-0.05, 0) is 31.2 Å². The quantitative estimate of drug-likeness (QED) is 0.854. The molecule has 0 aromatic carbocycles. The van der Waals surface area contributed by atoms with E-state index in [0.29, 0.717) is 5.41 Å². The van der Waals surface area contributed by atoms with E-state index in [0.717, 1.165) is 30.0 Å². The van der Waals surface area contributed by atoms with Crippen molar-refractivity contribution in [1.82, 2.24) is 4.98 Å². The van der Waals surface area contributed by atoms with Crippen LogP contribution in [0.1, 0.15) is 37.9 Å². The van der Waals surface area contributed by atoms with Gasteiger partial charge in [-0.15, -0.1) is 0 Å². The molecule has 1 aliphatic rings. The lowest BCUT2D eigenvalue weighted by Crippen LogP contribution is -2.37. The summed E-state index contributed by atoms with van der Waals surface area (Å²) in [5.41, 5.74) is 3.57. The fourth-order valence-corrected chi connectivity index (χ4v) is 2.34. The van der Waals surface area contributed by atoms with Crippen LogP contribution >= 0.6 is 0 Å². The summed E-state index contributed by atoms with van der Waals surface area (Å²) in [5.74, 6) is 0. The van der Waals surface area contributed by atoms with E-state index >= 15 is 0 Å². The third kappa shape index (κ3) is 2.78. The predicted octanol–water partition coefficient (Wildman–Crippen LogP) is 2.51. The van der Waals surface area contributed by atoms with Crippen LogP contribution in [0.3, 0.4) is 0 Å². The molecule has 0 aliphatic carbocycles. The van der Waals surface area contributed by atoms with Crippen LogP contribution in [-0.2, 0) is 6.61 Å². The molecule has 1 N–H and O–H groups in total. The summed E-state index contributed by atoms with van der Waals surface area (Å²) in [7, 11) is 0. The number of aryl methyl sites for hydroxylation is 1. The van der Waals surface area contributed by atoms with Gasteiger partial charge in [0.05, 0.1) is 6.61 Å². The number of hydrogen-bond donors (Lipinski definition) is 1. The molecular formula is C14H22N2O. The third-order valence-electron chi connectivity index (χ3n) is 3.73. The molecule has 1 aliphatic heterocycles. The molecule has 1 saturated heterocycles. The fourth-order valence-electron chi connectivity index (χ4n) is 2.34. The first-order valence-corrected chi connectivity index (χ1v) is 6.33. The van der Waals surface area contributed by atoms with E-state index in [1.54, 1.807) is 6.20 Å². The molecule has 3 nitrogen and oxygen atoms in total. The van der Waals surface area contributed by atoms with Crippen LogP contribution in [0.2, 0.25) is 0 Å². The topological polar surface area (TPSA) is 36.4 Å². The number of aromatic nitrogens is 1. The Morgan fingerprint density at radius 2 is 2.00 bits per heavy atom. The number of hydrogen-bond acceptors (Lipinski definition) is 3. The highest BCUT2D eigenvalue weighted by molar-refractivity contribution is 5.53. The lowest BCUT2D eigenvalue weighted by molar-refractivity contribution is 0.272.